The molecule has 4 fully saturated rings. The second kappa shape index (κ2) is 6.37. The van der Waals surface area contributed by atoms with Crippen molar-refractivity contribution >= 4 is 35.4 Å². The molecule has 1 aromatic heterocycles. The van der Waals surface area contributed by atoms with Gasteiger partial charge in [0.25, 0.3) is 11.8 Å². The number of nitrogens with one attached hydrogen (secondary N) is 2. The average Bonchev–Trinajstić information content (AvgIpc) is 3.22. The average molecular weight is 470 g/mol. The highest BCUT2D eigenvalue weighted by Gasteiger charge is 2.76. The van der Waals surface area contributed by atoms with Gasteiger partial charge in [-0.1, -0.05) is 33.8 Å². The van der Waals surface area contributed by atoms with Crippen molar-refractivity contribution in [2.24, 2.45) is 21.7 Å². The van der Waals surface area contributed by atoms with Crippen LogP contribution in [-0.2, 0) is 28.7 Å². The number of carbonyl (C=O) groups excluding carboxylic acids is 4. The second-order valence-electron chi connectivity index (χ2n) is 11.7. The second-order valence-corrected chi connectivity index (χ2v) is 11.7. The molecule has 182 valence electrons. The van der Waals surface area contributed by atoms with Crippen LogP contribution in [0.2, 0.25) is 0 Å². The summed E-state index contributed by atoms with van der Waals surface area (Å²) in [6, 6.07) is 4.86. The van der Waals surface area contributed by atoms with E-state index in [-0.39, 0.29) is 23.6 Å². The van der Waals surface area contributed by atoms with Gasteiger partial charge in [0.15, 0.2) is 11.2 Å². The number of pyridine rings is 1. The molecule has 4 atom stereocenters. The van der Waals surface area contributed by atoms with Crippen LogP contribution in [0, 0.1) is 21.7 Å². The molecule has 2 saturated carbocycles. The monoisotopic (exact) mass is 469 g/mol. The summed E-state index contributed by atoms with van der Waals surface area (Å²) in [7, 11) is 0. The molecule has 9 heteroatoms. The van der Waals surface area contributed by atoms with Crippen LogP contribution in [0.3, 0.4) is 0 Å². The van der Waals surface area contributed by atoms with E-state index >= 15 is 0 Å². The topological polar surface area (TPSA) is 124 Å². The van der Waals surface area contributed by atoms with Crippen molar-refractivity contribution in [2.75, 3.05) is 10.6 Å². The molecule has 2 aliphatic carbocycles. The zero-order chi connectivity index (χ0) is 24.9. The maximum absolute atomic E-state index is 13.3. The van der Waals surface area contributed by atoms with Gasteiger partial charge in [0.1, 0.15) is 11.6 Å². The zero-order valence-electron chi connectivity index (χ0n) is 20.5. The Morgan fingerprint density at radius 3 is 1.41 bits per heavy atom. The SMILES string of the molecule is CC1(C)[C@]2(C)CC[C@]1(C(=O)Nc1cccc(NC(=O)[C@@]34CC[C@](C)(C(=O)O3)C4(C)C)n1)OC2=O. The lowest BCUT2D eigenvalue weighted by atomic mass is 9.66. The number of esters is 2. The fourth-order valence-electron chi connectivity index (χ4n) is 6.50. The lowest BCUT2D eigenvalue weighted by Gasteiger charge is -2.35. The van der Waals surface area contributed by atoms with Crippen molar-refractivity contribution < 1.29 is 28.7 Å². The van der Waals surface area contributed by atoms with Gasteiger partial charge in [-0.25, -0.2) is 4.98 Å². The van der Waals surface area contributed by atoms with E-state index in [1.54, 1.807) is 18.2 Å². The summed E-state index contributed by atoms with van der Waals surface area (Å²) in [5, 5.41) is 5.55. The smallest absolute Gasteiger partial charge is 0.313 e. The van der Waals surface area contributed by atoms with Crippen molar-refractivity contribution in [2.45, 2.75) is 78.4 Å². The number of hydrogen-bond acceptors (Lipinski definition) is 7. The summed E-state index contributed by atoms with van der Waals surface area (Å²) in [5.41, 5.74) is -5.33. The minimum absolute atomic E-state index is 0.223. The van der Waals surface area contributed by atoms with E-state index in [1.165, 1.54) is 0 Å². The first-order valence-corrected chi connectivity index (χ1v) is 11.7. The number of rotatable bonds is 4. The first-order valence-electron chi connectivity index (χ1n) is 11.7. The third kappa shape index (κ3) is 2.33. The Balaban J connectivity index is 1.36. The summed E-state index contributed by atoms with van der Waals surface area (Å²) >= 11 is 0. The van der Waals surface area contributed by atoms with Crippen LogP contribution in [0.4, 0.5) is 11.6 Å². The molecule has 0 unspecified atom stereocenters. The molecular formula is C25H31N3O6. The van der Waals surface area contributed by atoms with Crippen molar-refractivity contribution in [1.82, 2.24) is 4.98 Å². The number of anilines is 2. The lowest BCUT2D eigenvalue weighted by Crippen LogP contribution is -2.51. The molecule has 4 aliphatic rings. The van der Waals surface area contributed by atoms with E-state index < -0.39 is 44.7 Å². The lowest BCUT2D eigenvalue weighted by molar-refractivity contribution is -0.166. The molecule has 9 nitrogen and oxygen atoms in total. The highest BCUT2D eigenvalue weighted by Crippen LogP contribution is 2.66. The van der Waals surface area contributed by atoms with E-state index in [4.69, 9.17) is 9.47 Å². The molecule has 34 heavy (non-hydrogen) atoms. The van der Waals surface area contributed by atoms with E-state index in [9.17, 15) is 19.2 Å². The van der Waals surface area contributed by atoms with Crippen molar-refractivity contribution in [3.63, 3.8) is 0 Å². The predicted octanol–water partition coefficient (Wildman–Crippen LogP) is 3.20. The maximum atomic E-state index is 13.3. The van der Waals surface area contributed by atoms with Gasteiger partial charge in [-0.3, -0.25) is 19.2 Å². The van der Waals surface area contributed by atoms with E-state index in [2.05, 4.69) is 15.6 Å². The van der Waals surface area contributed by atoms with Crippen LogP contribution in [0.25, 0.3) is 0 Å². The molecule has 2 aliphatic heterocycles. The minimum Gasteiger partial charge on any atom is -0.448 e. The number of ether oxygens (including phenoxy) is 2. The Morgan fingerprint density at radius 1 is 0.735 bits per heavy atom. The highest BCUT2D eigenvalue weighted by atomic mass is 16.6. The molecule has 0 spiro atoms. The predicted molar refractivity (Wildman–Crippen MR) is 121 cm³/mol. The van der Waals surface area contributed by atoms with E-state index in [0.717, 1.165) is 0 Å². The zero-order valence-corrected chi connectivity index (χ0v) is 20.5. The third-order valence-corrected chi connectivity index (χ3v) is 10.1. The van der Waals surface area contributed by atoms with Crippen LogP contribution in [0.1, 0.15) is 67.2 Å². The summed E-state index contributed by atoms with van der Waals surface area (Å²) in [5.74, 6) is -1.13. The minimum atomic E-state index is -1.27. The number of carbonyl (C=O) groups is 4. The first-order chi connectivity index (χ1) is 15.7. The van der Waals surface area contributed by atoms with Crippen molar-refractivity contribution in [1.29, 1.82) is 0 Å². The van der Waals surface area contributed by atoms with Crippen molar-refractivity contribution in [3.05, 3.63) is 18.2 Å². The molecule has 5 rings (SSSR count). The third-order valence-electron chi connectivity index (χ3n) is 10.1. The fourth-order valence-corrected chi connectivity index (χ4v) is 6.50. The van der Waals surface area contributed by atoms with Crippen LogP contribution < -0.4 is 10.6 Å². The fraction of sp³-hybridized carbons (Fsp3) is 0.640. The quantitative estimate of drug-likeness (QED) is 0.649. The Labute approximate surface area is 198 Å². The summed E-state index contributed by atoms with van der Waals surface area (Å²) in [6.07, 6.45) is 2.02. The van der Waals surface area contributed by atoms with Gasteiger partial charge in [0, 0.05) is 10.8 Å². The van der Waals surface area contributed by atoms with Crippen LogP contribution in [-0.4, -0.2) is 39.9 Å². The molecule has 3 heterocycles. The van der Waals surface area contributed by atoms with E-state index in [1.807, 2.05) is 41.5 Å². The molecule has 2 N–H and O–H groups in total. The summed E-state index contributed by atoms with van der Waals surface area (Å²) in [6.45, 7) is 11.2. The molecule has 2 saturated heterocycles. The number of fused-ring (bicyclic) bond motifs is 4. The molecule has 0 radical (unpaired) electrons. The normalized spacial score (nSPS) is 38.4. The van der Waals surface area contributed by atoms with Gasteiger partial charge < -0.3 is 20.1 Å². The van der Waals surface area contributed by atoms with E-state index in [0.29, 0.717) is 25.7 Å². The van der Waals surface area contributed by atoms with Crippen molar-refractivity contribution in [3.8, 4) is 0 Å². The Kier molecular flexibility index (Phi) is 4.27. The Hall–Kier alpha value is -2.97. The summed E-state index contributed by atoms with van der Waals surface area (Å²) < 4.78 is 11.3. The van der Waals surface area contributed by atoms with Crippen LogP contribution >= 0.6 is 0 Å². The maximum Gasteiger partial charge on any atom is 0.313 e. The molecule has 2 amide bonds. The largest absolute Gasteiger partial charge is 0.448 e. The first kappa shape index (κ1) is 22.8. The van der Waals surface area contributed by atoms with Gasteiger partial charge >= 0.3 is 11.9 Å². The van der Waals surface area contributed by atoms with Gasteiger partial charge in [-0.15, -0.1) is 0 Å². The van der Waals surface area contributed by atoms with Crippen LogP contribution in [0.15, 0.2) is 18.2 Å². The number of amides is 2. The Morgan fingerprint density at radius 2 is 1.12 bits per heavy atom. The Bertz CT molecular complexity index is 1080. The summed E-state index contributed by atoms with van der Waals surface area (Å²) in [4.78, 5) is 56.0. The molecule has 0 aromatic carbocycles. The van der Waals surface area contributed by atoms with Gasteiger partial charge in [0.05, 0.1) is 10.8 Å². The number of hydrogen-bond donors (Lipinski definition) is 2. The molecule has 1 aromatic rings. The highest BCUT2D eigenvalue weighted by molar-refractivity contribution is 6.04. The molecular weight excluding hydrogens is 438 g/mol. The molecule has 4 bridgehead atoms. The number of nitrogens with zero attached hydrogens (tertiary/aromatic N) is 1. The van der Waals surface area contributed by atoms with Crippen LogP contribution in [0.5, 0.6) is 0 Å². The van der Waals surface area contributed by atoms with Gasteiger partial charge in [0.2, 0.25) is 0 Å². The standard InChI is InChI=1S/C25H31N3O6/c1-20(2)22(5)10-12-24(20,33-18(22)31)16(29)27-14-8-7-9-15(26-14)28-17(30)25-13-11-23(6,19(32)34-25)21(25,3)4/h7-9H,10-13H2,1-6H3,(H2,26,27,28,29,30)/t22-,23-,24-,25-/m1/s1. The van der Waals surface area contributed by atoms with Gasteiger partial charge in [-0.2, -0.15) is 0 Å². The number of aromatic nitrogens is 1. The van der Waals surface area contributed by atoms with Gasteiger partial charge in [-0.05, 0) is 51.7 Å².